The number of alkyl carbamates (subject to hydrolysis) is 1. The Morgan fingerprint density at radius 3 is 2.19 bits per heavy atom. The third-order valence-corrected chi connectivity index (χ3v) is 5.34. The third-order valence-electron chi connectivity index (χ3n) is 5.34. The van der Waals surface area contributed by atoms with E-state index in [9.17, 15) is 14.4 Å². The van der Waals surface area contributed by atoms with E-state index in [0.717, 1.165) is 22.3 Å². The predicted octanol–water partition coefficient (Wildman–Crippen LogP) is 3.29. The zero-order valence-electron chi connectivity index (χ0n) is 18.1. The van der Waals surface area contributed by atoms with Crippen molar-refractivity contribution in [1.82, 2.24) is 10.6 Å². The highest BCUT2D eigenvalue weighted by Crippen LogP contribution is 2.44. The molecule has 166 valence electrons. The Kier molecular flexibility index (Phi) is 6.84. The van der Waals surface area contributed by atoms with E-state index < -0.39 is 29.6 Å². The number of benzene rings is 2. The van der Waals surface area contributed by atoms with Gasteiger partial charge in [0.25, 0.3) is 0 Å². The Morgan fingerprint density at radius 1 is 1.09 bits per heavy atom. The van der Waals surface area contributed by atoms with Gasteiger partial charge in [-0.2, -0.15) is 0 Å². The standard InChI is InChI=1S/C25H26N2O5/c1-4-9-21(23(29)30)26-22(28)14-25(2,3)27-24(31)32-15-20-18-12-7-5-10-16(18)17-11-6-8-13-19(17)20/h1,5-8,10-13,20-21H,9,14-15H2,2-3H3,(H,26,28)(H,27,31)(H,29,30). The molecule has 0 saturated carbocycles. The Labute approximate surface area is 187 Å². The first-order valence-corrected chi connectivity index (χ1v) is 10.3. The molecule has 0 aliphatic heterocycles. The molecule has 2 aromatic carbocycles. The second-order valence-corrected chi connectivity index (χ2v) is 8.38. The van der Waals surface area contributed by atoms with Crippen molar-refractivity contribution in [3.63, 3.8) is 0 Å². The van der Waals surface area contributed by atoms with Crippen LogP contribution in [0.1, 0.15) is 43.7 Å². The van der Waals surface area contributed by atoms with E-state index in [1.54, 1.807) is 13.8 Å². The van der Waals surface area contributed by atoms with E-state index in [1.807, 2.05) is 36.4 Å². The number of carbonyl (C=O) groups is 3. The molecule has 0 radical (unpaired) electrons. The van der Waals surface area contributed by atoms with Gasteiger partial charge in [-0.3, -0.25) is 4.79 Å². The summed E-state index contributed by atoms with van der Waals surface area (Å²) in [4.78, 5) is 35.9. The highest BCUT2D eigenvalue weighted by molar-refractivity contribution is 5.85. The first-order chi connectivity index (χ1) is 15.2. The minimum atomic E-state index is -1.21. The maximum absolute atomic E-state index is 12.5. The van der Waals surface area contributed by atoms with E-state index in [1.165, 1.54) is 0 Å². The number of fused-ring (bicyclic) bond motifs is 3. The fourth-order valence-corrected chi connectivity index (χ4v) is 3.92. The SMILES string of the molecule is C#CCC(NC(=O)CC(C)(C)NC(=O)OCC1c2ccccc2-c2ccccc21)C(=O)O. The van der Waals surface area contributed by atoms with Crippen molar-refractivity contribution in [1.29, 1.82) is 0 Å². The average molecular weight is 434 g/mol. The number of carboxylic acid groups (broad SMARTS) is 1. The molecule has 2 aromatic rings. The van der Waals surface area contributed by atoms with Gasteiger partial charge in [0, 0.05) is 24.3 Å². The summed E-state index contributed by atoms with van der Waals surface area (Å²) in [5.74, 6) is 0.412. The Bertz CT molecular complexity index is 1020. The number of amides is 2. The molecule has 1 unspecified atom stereocenters. The van der Waals surface area contributed by atoms with Crippen molar-refractivity contribution < 1.29 is 24.2 Å². The van der Waals surface area contributed by atoms with Gasteiger partial charge in [-0.05, 0) is 36.1 Å². The summed E-state index contributed by atoms with van der Waals surface area (Å²) in [6.07, 6.45) is 4.24. The molecule has 0 spiro atoms. The summed E-state index contributed by atoms with van der Waals surface area (Å²) in [6, 6.07) is 14.9. The number of hydrogen-bond acceptors (Lipinski definition) is 4. The van der Waals surface area contributed by atoms with Crippen molar-refractivity contribution in [3.05, 3.63) is 59.7 Å². The number of carboxylic acids is 1. The van der Waals surface area contributed by atoms with Gasteiger partial charge in [-0.15, -0.1) is 12.3 Å². The summed E-state index contributed by atoms with van der Waals surface area (Å²) in [5.41, 5.74) is 3.52. The van der Waals surface area contributed by atoms with Crippen LogP contribution in [-0.2, 0) is 14.3 Å². The molecule has 0 fully saturated rings. The molecule has 1 aliphatic carbocycles. The molecule has 0 heterocycles. The first-order valence-electron chi connectivity index (χ1n) is 10.3. The molecule has 1 atom stereocenters. The van der Waals surface area contributed by atoms with Crippen molar-refractivity contribution in [2.24, 2.45) is 0 Å². The lowest BCUT2D eigenvalue weighted by Crippen LogP contribution is -2.49. The molecule has 3 N–H and O–H groups in total. The van der Waals surface area contributed by atoms with E-state index in [2.05, 4.69) is 28.7 Å². The number of carbonyl (C=O) groups excluding carboxylic acids is 2. The van der Waals surface area contributed by atoms with Gasteiger partial charge < -0.3 is 20.5 Å². The van der Waals surface area contributed by atoms with Gasteiger partial charge >= 0.3 is 12.1 Å². The minimum absolute atomic E-state index is 0.0698. The fraction of sp³-hybridized carbons (Fsp3) is 0.320. The number of aliphatic carboxylic acids is 1. The third kappa shape index (κ3) is 5.27. The van der Waals surface area contributed by atoms with Gasteiger partial charge in [0.05, 0.1) is 0 Å². The zero-order valence-corrected chi connectivity index (χ0v) is 18.1. The van der Waals surface area contributed by atoms with Crippen molar-refractivity contribution in [2.45, 2.75) is 44.2 Å². The maximum Gasteiger partial charge on any atom is 0.407 e. The molecule has 7 nitrogen and oxygen atoms in total. The summed E-state index contributed by atoms with van der Waals surface area (Å²) < 4.78 is 5.51. The largest absolute Gasteiger partial charge is 0.480 e. The van der Waals surface area contributed by atoms with Crippen LogP contribution < -0.4 is 10.6 Å². The van der Waals surface area contributed by atoms with Crippen molar-refractivity contribution in [3.8, 4) is 23.5 Å². The maximum atomic E-state index is 12.5. The Morgan fingerprint density at radius 2 is 1.66 bits per heavy atom. The predicted molar refractivity (Wildman–Crippen MR) is 120 cm³/mol. The second-order valence-electron chi connectivity index (χ2n) is 8.38. The highest BCUT2D eigenvalue weighted by Gasteiger charge is 2.31. The van der Waals surface area contributed by atoms with Crippen LogP contribution in [0.2, 0.25) is 0 Å². The topological polar surface area (TPSA) is 105 Å². The Hall–Kier alpha value is -3.79. The van der Waals surface area contributed by atoms with E-state index in [-0.39, 0.29) is 25.4 Å². The van der Waals surface area contributed by atoms with Crippen LogP contribution in [0, 0.1) is 12.3 Å². The van der Waals surface area contributed by atoms with Gasteiger partial charge in [0.1, 0.15) is 12.6 Å². The zero-order chi connectivity index (χ0) is 23.3. The normalized spacial score (nSPS) is 13.3. The minimum Gasteiger partial charge on any atom is -0.480 e. The monoisotopic (exact) mass is 434 g/mol. The molecule has 0 saturated heterocycles. The van der Waals surface area contributed by atoms with Gasteiger partial charge in [0.2, 0.25) is 5.91 Å². The summed E-state index contributed by atoms with van der Waals surface area (Å²) in [7, 11) is 0. The van der Waals surface area contributed by atoms with E-state index in [0.29, 0.717) is 0 Å². The molecule has 3 rings (SSSR count). The molecule has 2 amide bonds. The summed E-state index contributed by atoms with van der Waals surface area (Å²) in [5, 5.41) is 14.2. The molecular weight excluding hydrogens is 408 g/mol. The number of rotatable bonds is 8. The van der Waals surface area contributed by atoms with Crippen LogP contribution in [0.25, 0.3) is 11.1 Å². The van der Waals surface area contributed by atoms with Gasteiger partial charge in [-0.25, -0.2) is 9.59 Å². The summed E-state index contributed by atoms with van der Waals surface area (Å²) in [6.45, 7) is 3.47. The molecular formula is C25H26N2O5. The lowest BCUT2D eigenvalue weighted by Gasteiger charge is -2.26. The second kappa shape index (κ2) is 9.56. The van der Waals surface area contributed by atoms with Crippen LogP contribution in [0.4, 0.5) is 4.79 Å². The Balaban J connectivity index is 1.58. The molecule has 7 heteroatoms. The van der Waals surface area contributed by atoms with Gasteiger partial charge in [0.15, 0.2) is 0 Å². The van der Waals surface area contributed by atoms with E-state index >= 15 is 0 Å². The van der Waals surface area contributed by atoms with Crippen LogP contribution in [0.3, 0.4) is 0 Å². The molecule has 0 bridgehead atoms. The first kappa shape index (κ1) is 22.9. The quantitative estimate of drug-likeness (QED) is 0.553. The molecule has 0 aromatic heterocycles. The van der Waals surface area contributed by atoms with Crippen LogP contribution in [0.5, 0.6) is 0 Å². The fourth-order valence-electron chi connectivity index (χ4n) is 3.92. The highest BCUT2D eigenvalue weighted by atomic mass is 16.5. The van der Waals surface area contributed by atoms with Gasteiger partial charge in [-0.1, -0.05) is 48.5 Å². The number of hydrogen-bond donors (Lipinski definition) is 3. The lowest BCUT2D eigenvalue weighted by molar-refractivity contribution is -0.141. The smallest absolute Gasteiger partial charge is 0.407 e. The summed E-state index contributed by atoms with van der Waals surface area (Å²) >= 11 is 0. The molecule has 1 aliphatic rings. The van der Waals surface area contributed by atoms with Crippen LogP contribution >= 0.6 is 0 Å². The van der Waals surface area contributed by atoms with E-state index in [4.69, 9.17) is 16.3 Å². The van der Waals surface area contributed by atoms with Crippen LogP contribution in [0.15, 0.2) is 48.5 Å². The number of nitrogens with one attached hydrogen (secondary N) is 2. The number of terminal acetylenes is 1. The lowest BCUT2D eigenvalue weighted by atomic mass is 9.98. The molecule has 32 heavy (non-hydrogen) atoms. The van der Waals surface area contributed by atoms with Crippen molar-refractivity contribution in [2.75, 3.05) is 6.61 Å². The number of ether oxygens (including phenoxy) is 1. The average Bonchev–Trinajstić information content (AvgIpc) is 3.05. The van der Waals surface area contributed by atoms with Crippen molar-refractivity contribution >= 4 is 18.0 Å². The van der Waals surface area contributed by atoms with Crippen LogP contribution in [-0.4, -0.2) is 41.3 Å².